The first-order valence-electron chi connectivity index (χ1n) is 20.0. The van der Waals surface area contributed by atoms with Crippen molar-refractivity contribution >= 4 is 26.3 Å². The molecule has 0 saturated heterocycles. The number of rotatable bonds is 32. The topological polar surface area (TPSA) is 130 Å². The molecule has 1 atom stereocenters. The van der Waals surface area contributed by atoms with E-state index in [1.54, 1.807) is 0 Å². The molecule has 3 aliphatic carbocycles. The summed E-state index contributed by atoms with van der Waals surface area (Å²) in [6.07, 6.45) is 22.9. The fourth-order valence-electron chi connectivity index (χ4n) is 7.49. The van der Waals surface area contributed by atoms with Crippen molar-refractivity contribution in [1.82, 2.24) is 15.3 Å². The standard InChI is InChI=1S/C39H71N4O6P/c1-33(2)43(34(3)4)50(49-29-23-25-40)48-28-22-18-16-20-26-41-37(46)38-30-39(31-38,32-38)42-36(45)24-19-15-13-11-9-7-6-8-10-12-14-17-21-27-47-35(5)44/h33-34H,6-24,26-32H2,1-5H3,(H,41,46)(H,42,45). The molecule has 0 spiro atoms. The van der Waals surface area contributed by atoms with E-state index in [2.05, 4.69) is 49.1 Å². The maximum atomic E-state index is 12.9. The van der Waals surface area contributed by atoms with Gasteiger partial charge in [0.15, 0.2) is 0 Å². The lowest BCUT2D eigenvalue weighted by molar-refractivity contribution is -0.183. The first-order valence-corrected chi connectivity index (χ1v) is 21.1. The van der Waals surface area contributed by atoms with Gasteiger partial charge in [-0.3, -0.25) is 14.4 Å². The van der Waals surface area contributed by atoms with Crippen LogP contribution in [0.2, 0.25) is 0 Å². The summed E-state index contributed by atoms with van der Waals surface area (Å²) in [6.45, 7) is 12.3. The molecular formula is C39H71N4O6P. The van der Waals surface area contributed by atoms with Gasteiger partial charge in [0.1, 0.15) is 0 Å². The lowest BCUT2D eigenvalue weighted by Crippen LogP contribution is -2.78. The van der Waals surface area contributed by atoms with E-state index in [-0.39, 0.29) is 28.7 Å². The van der Waals surface area contributed by atoms with Gasteiger partial charge in [0.25, 0.3) is 8.53 Å². The largest absolute Gasteiger partial charge is 0.466 e. The molecule has 2 amide bonds. The highest BCUT2D eigenvalue weighted by molar-refractivity contribution is 7.44. The molecule has 0 radical (unpaired) electrons. The van der Waals surface area contributed by atoms with Crippen LogP contribution in [0.15, 0.2) is 0 Å². The lowest BCUT2D eigenvalue weighted by Gasteiger charge is -2.69. The van der Waals surface area contributed by atoms with Gasteiger partial charge in [-0.15, -0.1) is 0 Å². The summed E-state index contributed by atoms with van der Waals surface area (Å²) in [7, 11) is -1.19. The second-order valence-electron chi connectivity index (χ2n) is 15.4. The average molecular weight is 723 g/mol. The number of carbonyl (C=O) groups is 3. The van der Waals surface area contributed by atoms with Crippen molar-refractivity contribution in [2.75, 3.05) is 26.4 Å². The number of ether oxygens (including phenoxy) is 1. The van der Waals surface area contributed by atoms with Crippen LogP contribution in [-0.4, -0.2) is 66.4 Å². The highest BCUT2D eigenvalue weighted by atomic mass is 31.2. The Morgan fingerprint density at radius 1 is 0.720 bits per heavy atom. The van der Waals surface area contributed by atoms with Crippen LogP contribution >= 0.6 is 8.53 Å². The van der Waals surface area contributed by atoms with E-state index in [1.807, 2.05) is 0 Å². The molecule has 3 fully saturated rings. The third kappa shape index (κ3) is 17.2. The smallest absolute Gasteiger partial charge is 0.302 e. The Kier molecular flexibility index (Phi) is 22.4. The lowest BCUT2D eigenvalue weighted by atomic mass is 9.39. The number of unbranched alkanes of at least 4 members (excludes halogenated alkanes) is 15. The molecule has 0 aliphatic heterocycles. The van der Waals surface area contributed by atoms with Crippen LogP contribution in [0.25, 0.3) is 0 Å². The van der Waals surface area contributed by atoms with Gasteiger partial charge in [-0.1, -0.05) is 83.5 Å². The quantitative estimate of drug-likeness (QED) is 0.0400. The van der Waals surface area contributed by atoms with E-state index < -0.39 is 8.53 Å². The predicted octanol–water partition coefficient (Wildman–Crippen LogP) is 9.02. The summed E-state index contributed by atoms with van der Waals surface area (Å²) < 4.78 is 19.3. The van der Waals surface area contributed by atoms with E-state index in [0.717, 1.165) is 70.6 Å². The molecule has 10 nitrogen and oxygen atoms in total. The van der Waals surface area contributed by atoms with Gasteiger partial charge in [-0.05, 0) is 72.6 Å². The van der Waals surface area contributed by atoms with E-state index >= 15 is 0 Å². The van der Waals surface area contributed by atoms with Crippen molar-refractivity contribution in [3.8, 4) is 6.07 Å². The van der Waals surface area contributed by atoms with Crippen molar-refractivity contribution in [2.24, 2.45) is 5.41 Å². The number of amides is 2. The van der Waals surface area contributed by atoms with Crippen LogP contribution in [0.4, 0.5) is 0 Å². The number of nitrogens with one attached hydrogen (secondary N) is 2. The minimum Gasteiger partial charge on any atom is -0.466 e. The van der Waals surface area contributed by atoms with Gasteiger partial charge < -0.3 is 24.4 Å². The molecule has 3 saturated carbocycles. The van der Waals surface area contributed by atoms with Crippen molar-refractivity contribution in [3.63, 3.8) is 0 Å². The molecule has 2 bridgehead atoms. The van der Waals surface area contributed by atoms with E-state index in [4.69, 9.17) is 19.0 Å². The van der Waals surface area contributed by atoms with Gasteiger partial charge in [0.05, 0.1) is 37.7 Å². The van der Waals surface area contributed by atoms with Gasteiger partial charge in [0, 0.05) is 37.5 Å². The third-order valence-electron chi connectivity index (χ3n) is 9.99. The number of esters is 1. The molecule has 288 valence electrons. The van der Waals surface area contributed by atoms with Gasteiger partial charge >= 0.3 is 5.97 Å². The van der Waals surface area contributed by atoms with Crippen LogP contribution in [0.5, 0.6) is 0 Å². The van der Waals surface area contributed by atoms with Gasteiger partial charge in [-0.2, -0.15) is 5.26 Å². The van der Waals surface area contributed by atoms with Crippen LogP contribution in [0.1, 0.15) is 176 Å². The van der Waals surface area contributed by atoms with Crippen molar-refractivity contribution in [1.29, 1.82) is 5.26 Å². The number of carbonyl (C=O) groups excluding carboxylic acids is 3. The maximum Gasteiger partial charge on any atom is 0.302 e. The van der Waals surface area contributed by atoms with Crippen LogP contribution < -0.4 is 10.6 Å². The minimum atomic E-state index is -1.19. The summed E-state index contributed by atoms with van der Waals surface area (Å²) in [4.78, 5) is 36.2. The van der Waals surface area contributed by atoms with E-state index in [0.29, 0.717) is 51.3 Å². The molecule has 50 heavy (non-hydrogen) atoms. The Bertz CT molecular complexity index is 991. The zero-order chi connectivity index (χ0) is 36.7. The van der Waals surface area contributed by atoms with E-state index in [9.17, 15) is 14.4 Å². The van der Waals surface area contributed by atoms with Crippen LogP contribution in [-0.2, 0) is 28.2 Å². The number of hydrogen-bond acceptors (Lipinski definition) is 8. The Balaban J connectivity index is 1.41. The molecule has 0 aromatic rings. The second kappa shape index (κ2) is 25.2. The highest BCUT2D eigenvalue weighted by Gasteiger charge is 2.72. The molecule has 0 aromatic heterocycles. The van der Waals surface area contributed by atoms with Crippen molar-refractivity contribution in [2.45, 2.75) is 193 Å². The van der Waals surface area contributed by atoms with Gasteiger partial charge in [0.2, 0.25) is 11.8 Å². The third-order valence-corrected chi connectivity index (χ3v) is 12.1. The monoisotopic (exact) mass is 723 g/mol. The van der Waals surface area contributed by atoms with E-state index in [1.165, 1.54) is 64.7 Å². The first-order chi connectivity index (χ1) is 24.0. The summed E-state index contributed by atoms with van der Waals surface area (Å²) in [5.41, 5.74) is -0.383. The normalized spacial score (nSPS) is 19.9. The Labute approximate surface area is 305 Å². The van der Waals surface area contributed by atoms with Crippen LogP contribution in [0, 0.1) is 16.7 Å². The molecule has 0 aromatic carbocycles. The average Bonchev–Trinajstić information content (AvgIpc) is 3.02. The summed E-state index contributed by atoms with van der Waals surface area (Å²) in [5.74, 6) is 0.127. The molecule has 1 unspecified atom stereocenters. The zero-order valence-corrected chi connectivity index (χ0v) is 33.2. The molecule has 11 heteroatoms. The second-order valence-corrected chi connectivity index (χ2v) is 16.8. The predicted molar refractivity (Wildman–Crippen MR) is 201 cm³/mol. The molecular weight excluding hydrogens is 651 g/mol. The van der Waals surface area contributed by atoms with Crippen LogP contribution in [0.3, 0.4) is 0 Å². The minimum absolute atomic E-state index is 0.128. The zero-order valence-electron chi connectivity index (χ0n) is 32.3. The fourth-order valence-corrected chi connectivity index (χ4v) is 9.12. The summed E-state index contributed by atoms with van der Waals surface area (Å²) >= 11 is 0. The fraction of sp³-hybridized carbons (Fsp3) is 0.897. The molecule has 2 N–H and O–H groups in total. The number of hydrogen-bond donors (Lipinski definition) is 2. The Hall–Kier alpha value is -1.79. The molecule has 3 rings (SSSR count). The molecule has 3 aliphatic rings. The SMILES string of the molecule is CC(=O)OCCCCCCCCCCCCCCCC(=O)NC12CC(C(=O)NCCCCCCOP(OCCC#N)N(C(C)C)C(C)C)(C1)C2. The summed E-state index contributed by atoms with van der Waals surface area (Å²) in [6, 6.07) is 2.73. The number of nitriles is 1. The van der Waals surface area contributed by atoms with Gasteiger partial charge in [-0.25, -0.2) is 4.67 Å². The van der Waals surface area contributed by atoms with Crippen molar-refractivity contribution < 1.29 is 28.2 Å². The summed E-state index contributed by atoms with van der Waals surface area (Å²) in [5, 5.41) is 15.3. The Morgan fingerprint density at radius 2 is 1.20 bits per heavy atom. The molecule has 0 heterocycles. The first kappa shape index (κ1) is 44.4. The van der Waals surface area contributed by atoms with Crippen molar-refractivity contribution in [3.05, 3.63) is 0 Å². The maximum absolute atomic E-state index is 12.9. The Morgan fingerprint density at radius 3 is 1.72 bits per heavy atom. The highest BCUT2D eigenvalue weighted by Crippen LogP contribution is 2.67. The number of nitrogens with zero attached hydrogens (tertiary/aromatic N) is 2.